The Morgan fingerprint density at radius 1 is 1.24 bits per heavy atom. The highest BCUT2D eigenvalue weighted by atomic mass is 32.1. The van der Waals surface area contributed by atoms with Gasteiger partial charge in [-0.25, -0.2) is 9.67 Å². The third kappa shape index (κ3) is 2.75. The van der Waals surface area contributed by atoms with Crippen molar-refractivity contribution in [3.8, 4) is 5.69 Å². The molecule has 21 heavy (non-hydrogen) atoms. The number of aromatic nitrogens is 3. The summed E-state index contributed by atoms with van der Waals surface area (Å²) in [4.78, 5) is 5.63. The van der Waals surface area contributed by atoms with Crippen molar-refractivity contribution >= 4 is 11.3 Å². The molecule has 2 aromatic heterocycles. The second-order valence-electron chi connectivity index (χ2n) is 4.80. The molecular formula is C16H18N4S. The van der Waals surface area contributed by atoms with E-state index in [0.717, 1.165) is 23.6 Å². The minimum atomic E-state index is 0.116. The Morgan fingerprint density at radius 3 is 2.71 bits per heavy atom. The summed E-state index contributed by atoms with van der Waals surface area (Å²) in [5.41, 5.74) is 5.18. The summed E-state index contributed by atoms with van der Waals surface area (Å²) in [6, 6.07) is 12.4. The van der Waals surface area contributed by atoms with Gasteiger partial charge in [0.25, 0.3) is 0 Å². The second-order valence-corrected chi connectivity index (χ2v) is 5.68. The SMILES string of the molecule is CCNC(c1scnc1C)c1ccnn1-c1ccccc1. The molecule has 0 saturated heterocycles. The van der Waals surface area contributed by atoms with Gasteiger partial charge in [-0.1, -0.05) is 25.1 Å². The van der Waals surface area contributed by atoms with E-state index in [1.54, 1.807) is 11.3 Å². The summed E-state index contributed by atoms with van der Waals surface area (Å²) in [6.45, 7) is 5.06. The lowest BCUT2D eigenvalue weighted by Gasteiger charge is -2.19. The topological polar surface area (TPSA) is 42.7 Å². The van der Waals surface area contributed by atoms with Crippen LogP contribution in [0, 0.1) is 6.92 Å². The molecule has 0 radical (unpaired) electrons. The van der Waals surface area contributed by atoms with E-state index in [9.17, 15) is 0 Å². The average molecular weight is 298 g/mol. The summed E-state index contributed by atoms with van der Waals surface area (Å²) in [5.74, 6) is 0. The van der Waals surface area contributed by atoms with Gasteiger partial charge in [-0.15, -0.1) is 11.3 Å². The van der Waals surface area contributed by atoms with Crippen LogP contribution in [-0.2, 0) is 0 Å². The van der Waals surface area contributed by atoms with Gasteiger partial charge in [0.15, 0.2) is 0 Å². The number of hydrogen-bond donors (Lipinski definition) is 1. The molecule has 0 spiro atoms. The first-order valence-electron chi connectivity index (χ1n) is 7.04. The van der Waals surface area contributed by atoms with Crippen LogP contribution >= 0.6 is 11.3 Å². The zero-order valence-electron chi connectivity index (χ0n) is 12.2. The van der Waals surface area contributed by atoms with Crippen LogP contribution in [-0.4, -0.2) is 21.3 Å². The number of nitrogens with zero attached hydrogens (tertiary/aromatic N) is 3. The molecule has 1 N–H and O–H groups in total. The number of hydrogen-bond acceptors (Lipinski definition) is 4. The fourth-order valence-electron chi connectivity index (χ4n) is 2.44. The van der Waals surface area contributed by atoms with E-state index in [-0.39, 0.29) is 6.04 Å². The van der Waals surface area contributed by atoms with Crippen molar-refractivity contribution in [2.24, 2.45) is 0 Å². The van der Waals surface area contributed by atoms with Crippen LogP contribution in [0.3, 0.4) is 0 Å². The lowest BCUT2D eigenvalue weighted by molar-refractivity contribution is 0.598. The van der Waals surface area contributed by atoms with Crippen LogP contribution < -0.4 is 5.32 Å². The zero-order valence-corrected chi connectivity index (χ0v) is 13.0. The van der Waals surface area contributed by atoms with Gasteiger partial charge in [0.1, 0.15) is 0 Å². The largest absolute Gasteiger partial charge is 0.305 e. The number of thiazole rings is 1. The molecular weight excluding hydrogens is 280 g/mol. The van der Waals surface area contributed by atoms with Crippen LogP contribution in [0.5, 0.6) is 0 Å². The molecule has 3 rings (SSSR count). The lowest BCUT2D eigenvalue weighted by atomic mass is 10.1. The van der Waals surface area contributed by atoms with Crippen LogP contribution in [0.2, 0.25) is 0 Å². The molecule has 0 aliphatic carbocycles. The van der Waals surface area contributed by atoms with E-state index in [1.165, 1.54) is 4.88 Å². The maximum absolute atomic E-state index is 4.49. The quantitative estimate of drug-likeness (QED) is 0.785. The van der Waals surface area contributed by atoms with Crippen molar-refractivity contribution < 1.29 is 0 Å². The third-order valence-electron chi connectivity index (χ3n) is 3.42. The minimum absolute atomic E-state index is 0.116. The fourth-order valence-corrected chi connectivity index (χ4v) is 3.33. The Labute approximate surface area is 128 Å². The molecule has 0 amide bonds. The molecule has 0 fully saturated rings. The highest BCUT2D eigenvalue weighted by molar-refractivity contribution is 7.09. The first-order chi connectivity index (χ1) is 10.3. The molecule has 0 bridgehead atoms. The van der Waals surface area contributed by atoms with Crippen LogP contribution in [0.1, 0.15) is 29.2 Å². The highest BCUT2D eigenvalue weighted by Crippen LogP contribution is 2.29. The predicted octanol–water partition coefficient (Wildman–Crippen LogP) is 3.34. The van der Waals surface area contributed by atoms with E-state index < -0.39 is 0 Å². The van der Waals surface area contributed by atoms with E-state index in [2.05, 4.69) is 47.4 Å². The summed E-state index contributed by atoms with van der Waals surface area (Å²) in [5, 5.41) is 8.04. The van der Waals surface area contributed by atoms with Crippen molar-refractivity contribution in [3.05, 3.63) is 64.4 Å². The second kappa shape index (κ2) is 6.20. The molecule has 4 nitrogen and oxygen atoms in total. The molecule has 1 atom stereocenters. The van der Waals surface area contributed by atoms with E-state index in [1.807, 2.05) is 34.6 Å². The van der Waals surface area contributed by atoms with Gasteiger partial charge >= 0.3 is 0 Å². The van der Waals surface area contributed by atoms with Crippen LogP contribution in [0.4, 0.5) is 0 Å². The van der Waals surface area contributed by atoms with Crippen molar-refractivity contribution in [2.45, 2.75) is 19.9 Å². The average Bonchev–Trinajstić information content (AvgIpc) is 3.15. The molecule has 3 aromatic rings. The smallest absolute Gasteiger partial charge is 0.0865 e. The van der Waals surface area contributed by atoms with Gasteiger partial charge in [0.2, 0.25) is 0 Å². The summed E-state index contributed by atoms with van der Waals surface area (Å²) >= 11 is 1.69. The van der Waals surface area contributed by atoms with Crippen molar-refractivity contribution in [1.29, 1.82) is 0 Å². The van der Waals surface area contributed by atoms with Gasteiger partial charge in [-0.2, -0.15) is 5.10 Å². The van der Waals surface area contributed by atoms with Crippen LogP contribution in [0.25, 0.3) is 5.69 Å². The van der Waals surface area contributed by atoms with Gasteiger partial charge in [-0.05, 0) is 31.7 Å². The molecule has 1 aromatic carbocycles. The summed E-state index contributed by atoms with van der Waals surface area (Å²) < 4.78 is 1.99. The highest BCUT2D eigenvalue weighted by Gasteiger charge is 2.21. The first-order valence-corrected chi connectivity index (χ1v) is 7.92. The van der Waals surface area contributed by atoms with E-state index >= 15 is 0 Å². The van der Waals surface area contributed by atoms with Crippen molar-refractivity contribution in [1.82, 2.24) is 20.1 Å². The number of benzene rings is 1. The molecule has 0 saturated carbocycles. The first kappa shape index (κ1) is 14.0. The molecule has 108 valence electrons. The molecule has 1 unspecified atom stereocenters. The fraction of sp³-hybridized carbons (Fsp3) is 0.250. The summed E-state index contributed by atoms with van der Waals surface area (Å²) in [6.07, 6.45) is 1.85. The van der Waals surface area contributed by atoms with Gasteiger partial charge < -0.3 is 5.32 Å². The zero-order chi connectivity index (χ0) is 14.7. The van der Waals surface area contributed by atoms with Gasteiger partial charge in [0, 0.05) is 6.20 Å². The Bertz CT molecular complexity index is 702. The molecule has 0 aliphatic rings. The lowest BCUT2D eigenvalue weighted by Crippen LogP contribution is -2.24. The Morgan fingerprint density at radius 2 is 2.05 bits per heavy atom. The molecule has 5 heteroatoms. The van der Waals surface area contributed by atoms with Crippen LogP contribution in [0.15, 0.2) is 48.1 Å². The van der Waals surface area contributed by atoms with E-state index in [0.29, 0.717) is 0 Å². The predicted molar refractivity (Wildman–Crippen MR) is 85.9 cm³/mol. The Kier molecular flexibility index (Phi) is 4.13. The molecule has 2 heterocycles. The monoisotopic (exact) mass is 298 g/mol. The van der Waals surface area contributed by atoms with Gasteiger partial charge in [0.05, 0.1) is 33.5 Å². The summed E-state index contributed by atoms with van der Waals surface area (Å²) in [7, 11) is 0. The van der Waals surface area contributed by atoms with Crippen molar-refractivity contribution in [3.63, 3.8) is 0 Å². The standard InChI is InChI=1S/C16H18N4S/c1-3-17-15(16-12(2)18-11-21-16)14-9-10-19-20(14)13-7-5-4-6-8-13/h4-11,15,17H,3H2,1-2H3. The molecule has 0 aliphatic heterocycles. The number of aryl methyl sites for hydroxylation is 1. The van der Waals surface area contributed by atoms with Crippen molar-refractivity contribution in [2.75, 3.05) is 6.54 Å². The third-order valence-corrected chi connectivity index (χ3v) is 4.42. The normalized spacial score (nSPS) is 12.5. The number of rotatable bonds is 5. The Balaban J connectivity index is 2.06. The maximum atomic E-state index is 4.49. The minimum Gasteiger partial charge on any atom is -0.305 e. The Hall–Kier alpha value is -1.98. The van der Waals surface area contributed by atoms with E-state index in [4.69, 9.17) is 0 Å². The maximum Gasteiger partial charge on any atom is 0.0865 e. The number of nitrogens with one attached hydrogen (secondary N) is 1. The van der Waals surface area contributed by atoms with Gasteiger partial charge in [-0.3, -0.25) is 0 Å². The number of para-hydroxylation sites is 1.